The van der Waals surface area contributed by atoms with Crippen molar-refractivity contribution in [2.45, 2.75) is 31.3 Å². The summed E-state index contributed by atoms with van der Waals surface area (Å²) in [4.78, 5) is 15.5. The number of hydrogen-bond acceptors (Lipinski definition) is 2. The number of benzene rings is 3. The number of amides is 1. The third-order valence-electron chi connectivity index (χ3n) is 5.86. The Hall–Kier alpha value is -2.91. The fourth-order valence-corrected chi connectivity index (χ4v) is 4.45. The minimum Gasteiger partial charge on any atom is -0.394 e. The highest BCUT2D eigenvalue weighted by Crippen LogP contribution is 2.41. The maximum atomic E-state index is 13.6. The average Bonchev–Trinajstić information content (AvgIpc) is 2.85. The highest BCUT2D eigenvalue weighted by Gasteiger charge is 2.43. The summed E-state index contributed by atoms with van der Waals surface area (Å²) < 4.78 is 0. The zero-order chi connectivity index (χ0) is 19.6. The molecule has 1 amide bonds. The van der Waals surface area contributed by atoms with Crippen molar-refractivity contribution in [2.24, 2.45) is 0 Å². The average molecular weight is 371 g/mol. The van der Waals surface area contributed by atoms with Gasteiger partial charge in [0.15, 0.2) is 0 Å². The Morgan fingerprint density at radius 1 is 0.893 bits per heavy atom. The zero-order valence-electron chi connectivity index (χ0n) is 16.1. The molecular formula is C25H25NO2. The molecule has 0 radical (unpaired) electrons. The summed E-state index contributed by atoms with van der Waals surface area (Å²) in [6.45, 7) is 2.00. The number of hydrogen-bond donors (Lipinski definition) is 1. The van der Waals surface area contributed by atoms with Crippen molar-refractivity contribution in [1.29, 1.82) is 0 Å². The fraction of sp³-hybridized carbons (Fsp3) is 0.240. The number of fused-ring (bicyclic) bond motifs is 1. The quantitative estimate of drug-likeness (QED) is 0.744. The van der Waals surface area contributed by atoms with E-state index in [9.17, 15) is 9.90 Å². The lowest BCUT2D eigenvalue weighted by Gasteiger charge is -2.45. The van der Waals surface area contributed by atoms with E-state index in [1.54, 1.807) is 0 Å². The first kappa shape index (κ1) is 18.5. The van der Waals surface area contributed by atoms with Gasteiger partial charge in [0, 0.05) is 0 Å². The second-order valence-corrected chi connectivity index (χ2v) is 7.63. The molecule has 1 N–H and O–H groups in total. The van der Waals surface area contributed by atoms with Crippen LogP contribution in [0.2, 0.25) is 0 Å². The molecule has 0 saturated heterocycles. The van der Waals surface area contributed by atoms with Crippen LogP contribution in [0.25, 0.3) is 0 Å². The molecule has 142 valence electrons. The Labute approximate surface area is 166 Å². The van der Waals surface area contributed by atoms with Crippen molar-refractivity contribution in [3.63, 3.8) is 0 Å². The van der Waals surface area contributed by atoms with Gasteiger partial charge in [-0.2, -0.15) is 0 Å². The van der Waals surface area contributed by atoms with Crippen LogP contribution >= 0.6 is 0 Å². The molecule has 0 spiro atoms. The molecule has 3 aromatic rings. The van der Waals surface area contributed by atoms with Crippen LogP contribution in [0, 0.1) is 0 Å². The molecule has 3 heteroatoms. The molecule has 3 nitrogen and oxygen atoms in total. The van der Waals surface area contributed by atoms with Gasteiger partial charge in [0.1, 0.15) is 0 Å². The van der Waals surface area contributed by atoms with Gasteiger partial charge < -0.3 is 10.0 Å². The highest BCUT2D eigenvalue weighted by molar-refractivity contribution is 5.81. The summed E-state index contributed by atoms with van der Waals surface area (Å²) in [7, 11) is 0. The van der Waals surface area contributed by atoms with Gasteiger partial charge in [-0.3, -0.25) is 4.79 Å². The summed E-state index contributed by atoms with van der Waals surface area (Å²) in [6.07, 6.45) is 1.06. The van der Waals surface area contributed by atoms with E-state index in [0.29, 0.717) is 12.8 Å². The molecule has 4 rings (SSSR count). The molecule has 0 fully saturated rings. The fourth-order valence-electron chi connectivity index (χ4n) is 4.45. The van der Waals surface area contributed by atoms with E-state index in [1.165, 1.54) is 5.56 Å². The maximum absolute atomic E-state index is 13.6. The van der Waals surface area contributed by atoms with Crippen molar-refractivity contribution in [3.05, 3.63) is 107 Å². The van der Waals surface area contributed by atoms with Crippen LogP contribution in [-0.4, -0.2) is 22.5 Å². The number of carbonyl (C=O) groups is 1. The highest BCUT2D eigenvalue weighted by atomic mass is 16.3. The number of aliphatic hydroxyl groups is 1. The zero-order valence-corrected chi connectivity index (χ0v) is 16.1. The van der Waals surface area contributed by atoms with Gasteiger partial charge in [-0.15, -0.1) is 0 Å². The Morgan fingerprint density at radius 3 is 2.11 bits per heavy atom. The standard InChI is InChI=1S/C25H25NO2/c1-25(22-14-6-3-7-15-22)17-21-13-9-8-12-20(21)16-24(28)26(25)23(18-27)19-10-4-2-5-11-19/h2-15,23,27H,16-18H2,1H3/t23-,25+/m0/s1. The van der Waals surface area contributed by atoms with E-state index in [4.69, 9.17) is 0 Å². The van der Waals surface area contributed by atoms with Crippen LogP contribution in [-0.2, 0) is 23.2 Å². The SMILES string of the molecule is C[C@]1(c2ccccc2)Cc2ccccc2CC(=O)N1[C@@H](CO)c1ccccc1. The molecule has 28 heavy (non-hydrogen) atoms. The van der Waals surface area contributed by atoms with Crippen LogP contribution in [0.15, 0.2) is 84.9 Å². The minimum absolute atomic E-state index is 0.0409. The van der Waals surface area contributed by atoms with Gasteiger partial charge >= 0.3 is 0 Å². The predicted molar refractivity (Wildman–Crippen MR) is 111 cm³/mol. The monoisotopic (exact) mass is 371 g/mol. The largest absolute Gasteiger partial charge is 0.394 e. The topological polar surface area (TPSA) is 40.5 Å². The number of aliphatic hydroxyl groups excluding tert-OH is 1. The Bertz CT molecular complexity index is 955. The molecule has 0 aromatic heterocycles. The second-order valence-electron chi connectivity index (χ2n) is 7.63. The van der Waals surface area contributed by atoms with E-state index < -0.39 is 11.6 Å². The first-order chi connectivity index (χ1) is 13.6. The molecular weight excluding hydrogens is 346 g/mol. The summed E-state index contributed by atoms with van der Waals surface area (Å²) >= 11 is 0. The Balaban J connectivity index is 1.90. The third kappa shape index (κ3) is 3.23. The van der Waals surface area contributed by atoms with E-state index in [1.807, 2.05) is 71.6 Å². The van der Waals surface area contributed by atoms with Crippen molar-refractivity contribution in [3.8, 4) is 0 Å². The molecule has 3 aromatic carbocycles. The molecule has 1 aliphatic heterocycles. The van der Waals surface area contributed by atoms with E-state index >= 15 is 0 Å². The number of rotatable bonds is 4. The van der Waals surface area contributed by atoms with Crippen molar-refractivity contribution >= 4 is 5.91 Å². The Kier molecular flexibility index (Phi) is 5.01. The van der Waals surface area contributed by atoms with Crippen molar-refractivity contribution in [2.75, 3.05) is 6.61 Å². The molecule has 0 bridgehead atoms. The summed E-state index contributed by atoms with van der Waals surface area (Å²) in [5, 5.41) is 10.3. The van der Waals surface area contributed by atoms with E-state index in [-0.39, 0.29) is 12.5 Å². The van der Waals surface area contributed by atoms with Crippen LogP contribution in [0.1, 0.15) is 35.2 Å². The third-order valence-corrected chi connectivity index (χ3v) is 5.86. The van der Waals surface area contributed by atoms with E-state index in [0.717, 1.165) is 16.7 Å². The van der Waals surface area contributed by atoms with Crippen molar-refractivity contribution < 1.29 is 9.90 Å². The normalized spacial score (nSPS) is 20.4. The molecule has 0 unspecified atom stereocenters. The molecule has 0 saturated carbocycles. The number of nitrogens with zero attached hydrogens (tertiary/aromatic N) is 1. The van der Waals surface area contributed by atoms with E-state index in [2.05, 4.69) is 25.1 Å². The Morgan fingerprint density at radius 2 is 1.46 bits per heavy atom. The van der Waals surface area contributed by atoms with Crippen LogP contribution in [0.4, 0.5) is 0 Å². The van der Waals surface area contributed by atoms with Crippen LogP contribution in [0.5, 0.6) is 0 Å². The van der Waals surface area contributed by atoms with Gasteiger partial charge in [0.05, 0.1) is 24.6 Å². The second kappa shape index (κ2) is 7.61. The van der Waals surface area contributed by atoms with Crippen LogP contribution < -0.4 is 0 Å². The smallest absolute Gasteiger partial charge is 0.228 e. The molecule has 2 atom stereocenters. The predicted octanol–water partition coefficient (Wildman–Crippen LogP) is 4.26. The van der Waals surface area contributed by atoms with Gasteiger partial charge in [0.2, 0.25) is 5.91 Å². The summed E-state index contributed by atoms with van der Waals surface area (Å²) in [6, 6.07) is 27.8. The van der Waals surface area contributed by atoms with Gasteiger partial charge in [-0.05, 0) is 35.6 Å². The lowest BCUT2D eigenvalue weighted by atomic mass is 9.82. The lowest BCUT2D eigenvalue weighted by molar-refractivity contribution is -0.141. The maximum Gasteiger partial charge on any atom is 0.228 e. The lowest BCUT2D eigenvalue weighted by Crippen LogP contribution is -2.51. The van der Waals surface area contributed by atoms with Crippen molar-refractivity contribution in [1.82, 2.24) is 4.90 Å². The number of carbonyl (C=O) groups excluding carboxylic acids is 1. The van der Waals surface area contributed by atoms with Crippen LogP contribution in [0.3, 0.4) is 0 Å². The first-order valence-electron chi connectivity index (χ1n) is 9.74. The minimum atomic E-state index is -0.561. The van der Waals surface area contributed by atoms with Gasteiger partial charge in [-0.1, -0.05) is 84.9 Å². The molecule has 1 aliphatic rings. The van der Waals surface area contributed by atoms with Gasteiger partial charge in [-0.25, -0.2) is 0 Å². The molecule has 1 heterocycles. The van der Waals surface area contributed by atoms with Gasteiger partial charge in [0.25, 0.3) is 0 Å². The summed E-state index contributed by atoms with van der Waals surface area (Å²) in [5.74, 6) is 0.0409. The first-order valence-corrected chi connectivity index (χ1v) is 9.74. The molecule has 0 aliphatic carbocycles. The summed E-state index contributed by atoms with van der Waals surface area (Å²) in [5.41, 5.74) is 3.73.